The Kier molecular flexibility index (Phi) is 10.5. The molecule has 0 aromatic heterocycles. The smallest absolute Gasteiger partial charge is 0.493 e. The highest BCUT2D eigenvalue weighted by Crippen LogP contribution is 2.38. The highest BCUT2D eigenvalue weighted by molar-refractivity contribution is 7.81. The van der Waals surface area contributed by atoms with Crippen molar-refractivity contribution >= 4 is 54.0 Å². The van der Waals surface area contributed by atoms with Gasteiger partial charge in [-0.3, -0.25) is 43.8 Å². The fourth-order valence-corrected chi connectivity index (χ4v) is 4.29. The van der Waals surface area contributed by atoms with E-state index in [1.807, 2.05) is 0 Å². The molecule has 0 aliphatic carbocycles. The van der Waals surface area contributed by atoms with Gasteiger partial charge in [0, 0.05) is 38.8 Å². The number of benzene rings is 1. The zero-order valence-electron chi connectivity index (χ0n) is 22.2. The highest BCUT2D eigenvalue weighted by Gasteiger charge is 2.36. The topological polar surface area (TPSA) is 201 Å². The third-order valence-electron chi connectivity index (χ3n) is 6.08. The second-order valence-corrected chi connectivity index (χ2v) is 9.53. The van der Waals surface area contributed by atoms with Crippen LogP contribution in [0, 0.1) is 10.1 Å². The van der Waals surface area contributed by atoms with E-state index >= 15 is 0 Å². The lowest BCUT2D eigenvalue weighted by Gasteiger charge is -2.18. The maximum atomic E-state index is 12.1. The normalized spacial score (nSPS) is 17.5. The Bertz CT molecular complexity index is 1240. The number of nitrogens with zero attached hydrogens (tertiary/aromatic N) is 3. The number of hydrogen-bond donors (Lipinski definition) is 2. The van der Waals surface area contributed by atoms with Gasteiger partial charge in [-0.05, 0) is 19.4 Å². The summed E-state index contributed by atoms with van der Waals surface area (Å²) in [4.78, 5) is 87.7. The molecule has 222 valence electrons. The van der Waals surface area contributed by atoms with Gasteiger partial charge in [-0.1, -0.05) is 5.06 Å². The SMILES string of the molecule is COc1cc(C(C)OC(=O)ON2C(=O)CCC2=O)c([N+](=O)[O-])cc1OCCCC(=O)NCCN1C(=O)CC(S)C1=O. The lowest BCUT2D eigenvalue weighted by Crippen LogP contribution is -2.38. The molecule has 41 heavy (non-hydrogen) atoms. The summed E-state index contributed by atoms with van der Waals surface area (Å²) in [5, 5.41) is 14.0. The largest absolute Gasteiger partial charge is 0.534 e. The first-order valence-corrected chi connectivity index (χ1v) is 13.0. The number of amides is 5. The van der Waals surface area contributed by atoms with Crippen LogP contribution in [0.4, 0.5) is 10.5 Å². The number of imide groups is 2. The van der Waals surface area contributed by atoms with Gasteiger partial charge in [0.15, 0.2) is 11.5 Å². The van der Waals surface area contributed by atoms with Crippen molar-refractivity contribution in [1.29, 1.82) is 0 Å². The van der Waals surface area contributed by atoms with Gasteiger partial charge < -0.3 is 19.5 Å². The maximum Gasteiger partial charge on any atom is 0.534 e. The van der Waals surface area contributed by atoms with Crippen molar-refractivity contribution in [3.05, 3.63) is 27.8 Å². The van der Waals surface area contributed by atoms with Crippen molar-refractivity contribution in [3.63, 3.8) is 0 Å². The molecule has 2 unspecified atom stereocenters. The fraction of sp³-hybridized carbons (Fsp3) is 0.500. The van der Waals surface area contributed by atoms with Crippen LogP contribution >= 0.6 is 12.6 Å². The van der Waals surface area contributed by atoms with Crippen LogP contribution in [0.1, 0.15) is 50.7 Å². The number of rotatable bonds is 13. The maximum absolute atomic E-state index is 12.1. The molecule has 1 aromatic rings. The van der Waals surface area contributed by atoms with Gasteiger partial charge in [-0.2, -0.15) is 12.6 Å². The van der Waals surface area contributed by atoms with Gasteiger partial charge in [0.05, 0.1) is 35.5 Å². The van der Waals surface area contributed by atoms with Crippen LogP contribution in [0.25, 0.3) is 0 Å². The molecule has 2 fully saturated rings. The van der Waals surface area contributed by atoms with E-state index < -0.39 is 45.8 Å². The molecule has 2 aliphatic rings. The summed E-state index contributed by atoms with van der Waals surface area (Å²) in [5.74, 6) is -2.45. The standard InChI is InChI=1S/C24H28N4O12S/c1-13(39-24(34)40-27-20(30)5-6-21(27)31)14-10-16(37-2)17(11-15(14)28(35)36)38-9-3-4-19(29)25-7-8-26-22(32)12-18(41)23(26)33/h10-11,13,18,41H,3-9,12H2,1-2H3,(H,25,29). The Morgan fingerprint density at radius 1 is 1.15 bits per heavy atom. The molecule has 0 spiro atoms. The molecule has 0 radical (unpaired) electrons. The van der Waals surface area contributed by atoms with Gasteiger partial charge in [0.25, 0.3) is 17.5 Å². The number of nitro benzene ring substituents is 1. The third kappa shape index (κ3) is 7.84. The molecule has 17 heteroatoms. The number of carbonyl (C=O) groups excluding carboxylic acids is 6. The van der Waals surface area contributed by atoms with Crippen molar-refractivity contribution in [3.8, 4) is 11.5 Å². The second-order valence-electron chi connectivity index (χ2n) is 8.91. The summed E-state index contributed by atoms with van der Waals surface area (Å²) in [5.41, 5.74) is -0.546. The first-order valence-electron chi connectivity index (χ1n) is 12.4. The van der Waals surface area contributed by atoms with Gasteiger partial charge >= 0.3 is 6.16 Å². The molecule has 2 heterocycles. The van der Waals surface area contributed by atoms with Crippen LogP contribution in [0.5, 0.6) is 11.5 Å². The first-order chi connectivity index (χ1) is 19.4. The minimum Gasteiger partial charge on any atom is -0.493 e. The molecule has 16 nitrogen and oxygen atoms in total. The number of hydrogen-bond acceptors (Lipinski definition) is 13. The highest BCUT2D eigenvalue weighted by atomic mass is 32.1. The van der Waals surface area contributed by atoms with E-state index in [-0.39, 0.29) is 85.7 Å². The minimum atomic E-state index is -1.41. The predicted octanol–water partition coefficient (Wildman–Crippen LogP) is 1.21. The summed E-state index contributed by atoms with van der Waals surface area (Å²) in [7, 11) is 1.29. The Balaban J connectivity index is 1.53. The second kappa shape index (κ2) is 13.8. The number of methoxy groups -OCH3 is 1. The number of hydroxylamine groups is 2. The number of likely N-dealkylation sites (tertiary alicyclic amines) is 1. The summed E-state index contributed by atoms with van der Waals surface area (Å²) in [6, 6.07) is 2.31. The molecule has 1 aromatic carbocycles. The Morgan fingerprint density at radius 3 is 2.41 bits per heavy atom. The van der Waals surface area contributed by atoms with Crippen molar-refractivity contribution in [2.45, 2.75) is 50.4 Å². The van der Waals surface area contributed by atoms with Gasteiger partial charge in [0.2, 0.25) is 17.7 Å². The molecule has 0 bridgehead atoms. The van der Waals surface area contributed by atoms with Crippen LogP contribution in [0.3, 0.4) is 0 Å². The van der Waals surface area contributed by atoms with Crippen molar-refractivity contribution in [2.75, 3.05) is 26.8 Å². The van der Waals surface area contributed by atoms with E-state index in [1.165, 1.54) is 20.1 Å². The van der Waals surface area contributed by atoms with Crippen LogP contribution in [0.15, 0.2) is 12.1 Å². The molecule has 1 N–H and O–H groups in total. The Labute approximate surface area is 238 Å². The predicted molar refractivity (Wildman–Crippen MR) is 139 cm³/mol. The van der Waals surface area contributed by atoms with E-state index in [0.717, 1.165) is 11.0 Å². The molecule has 2 aliphatic heterocycles. The quantitative estimate of drug-likeness (QED) is 0.0824. The lowest BCUT2D eigenvalue weighted by molar-refractivity contribution is -0.386. The van der Waals surface area contributed by atoms with Crippen LogP contribution in [0.2, 0.25) is 0 Å². The average molecular weight is 597 g/mol. The van der Waals surface area contributed by atoms with Crippen molar-refractivity contribution < 1.29 is 52.7 Å². The molecule has 2 atom stereocenters. The van der Waals surface area contributed by atoms with E-state index in [1.54, 1.807) is 0 Å². The number of ether oxygens (including phenoxy) is 3. The first kappa shape index (κ1) is 31.1. The molecular formula is C24H28N4O12S. The molecule has 0 saturated carbocycles. The van der Waals surface area contributed by atoms with Crippen molar-refractivity contribution in [2.24, 2.45) is 0 Å². The Morgan fingerprint density at radius 2 is 1.83 bits per heavy atom. The van der Waals surface area contributed by atoms with Crippen LogP contribution < -0.4 is 14.8 Å². The number of nitrogens with one attached hydrogen (secondary N) is 1. The monoisotopic (exact) mass is 596 g/mol. The minimum absolute atomic E-state index is 0.00115. The van der Waals surface area contributed by atoms with Gasteiger partial charge in [-0.25, -0.2) is 4.79 Å². The Hall–Kier alpha value is -4.41. The molecule has 2 saturated heterocycles. The number of thiol groups is 1. The van der Waals surface area contributed by atoms with E-state index in [4.69, 9.17) is 14.2 Å². The van der Waals surface area contributed by atoms with Crippen LogP contribution in [-0.2, 0) is 33.5 Å². The summed E-state index contributed by atoms with van der Waals surface area (Å²) < 4.78 is 15.9. The van der Waals surface area contributed by atoms with Gasteiger partial charge in [0.1, 0.15) is 6.10 Å². The third-order valence-corrected chi connectivity index (χ3v) is 6.48. The fourth-order valence-electron chi connectivity index (χ4n) is 3.99. The molecule has 3 rings (SSSR count). The zero-order valence-corrected chi connectivity index (χ0v) is 23.0. The number of carbonyl (C=O) groups is 6. The summed E-state index contributed by atoms with van der Waals surface area (Å²) >= 11 is 4.03. The van der Waals surface area contributed by atoms with E-state index in [0.29, 0.717) is 0 Å². The summed E-state index contributed by atoms with van der Waals surface area (Å²) in [6.45, 7) is 1.43. The van der Waals surface area contributed by atoms with Crippen molar-refractivity contribution in [1.82, 2.24) is 15.3 Å². The molecule has 5 amide bonds. The van der Waals surface area contributed by atoms with E-state index in [2.05, 4.69) is 22.8 Å². The van der Waals surface area contributed by atoms with Crippen LogP contribution in [-0.4, -0.2) is 82.6 Å². The summed E-state index contributed by atoms with van der Waals surface area (Å²) in [6.07, 6.45) is -2.59. The zero-order chi connectivity index (χ0) is 30.3. The van der Waals surface area contributed by atoms with Gasteiger partial charge in [-0.15, -0.1) is 0 Å². The number of nitro groups is 1. The average Bonchev–Trinajstić information content (AvgIpc) is 3.36. The lowest BCUT2D eigenvalue weighted by atomic mass is 10.1. The van der Waals surface area contributed by atoms with E-state index in [9.17, 15) is 38.9 Å². The molecular weight excluding hydrogens is 568 g/mol.